The van der Waals surface area contributed by atoms with E-state index in [1.807, 2.05) is 30.3 Å². The van der Waals surface area contributed by atoms with Crippen LogP contribution in [0.4, 0.5) is 0 Å². The van der Waals surface area contributed by atoms with Gasteiger partial charge in [0, 0.05) is 0 Å². The molecule has 1 aromatic rings. The largest absolute Gasteiger partial charge is 0.339 e. The molecule has 20 heavy (non-hydrogen) atoms. The van der Waals surface area contributed by atoms with Gasteiger partial charge in [0.05, 0.1) is 0 Å². The maximum atomic E-state index is 12.0. The number of benzene rings is 1. The summed E-state index contributed by atoms with van der Waals surface area (Å²) in [7, 11) is 0. The summed E-state index contributed by atoms with van der Waals surface area (Å²) >= 11 is 0. The van der Waals surface area contributed by atoms with Crippen LogP contribution in [-0.4, -0.2) is 17.9 Å². The van der Waals surface area contributed by atoms with Gasteiger partial charge in [-0.2, -0.15) is 0 Å². The van der Waals surface area contributed by atoms with Gasteiger partial charge in [-0.3, -0.25) is 9.59 Å². The van der Waals surface area contributed by atoms with Crippen molar-refractivity contribution >= 4 is 17.9 Å². The highest BCUT2D eigenvalue weighted by molar-refractivity contribution is 6.07. The Labute approximate surface area is 119 Å². The zero-order chi connectivity index (χ0) is 14.5. The van der Waals surface area contributed by atoms with E-state index in [0.717, 1.165) is 12.0 Å². The van der Waals surface area contributed by atoms with Gasteiger partial charge in [0.15, 0.2) is 0 Å². The Kier molecular flexibility index (Phi) is 4.56. The normalized spacial score (nSPS) is 20.9. The van der Waals surface area contributed by atoms with Crippen LogP contribution >= 0.6 is 0 Å². The van der Waals surface area contributed by atoms with Crippen LogP contribution in [0.3, 0.4) is 0 Å². The van der Waals surface area contributed by atoms with Gasteiger partial charge in [0.2, 0.25) is 5.91 Å². The van der Waals surface area contributed by atoms with Gasteiger partial charge < -0.3 is 10.6 Å². The van der Waals surface area contributed by atoms with E-state index in [4.69, 9.17) is 0 Å². The summed E-state index contributed by atoms with van der Waals surface area (Å²) in [6.45, 7) is 4.20. The molecule has 1 aliphatic heterocycles. The zero-order valence-electron chi connectivity index (χ0n) is 11.8. The van der Waals surface area contributed by atoms with Crippen molar-refractivity contribution in [2.45, 2.75) is 32.7 Å². The highest BCUT2D eigenvalue weighted by Crippen LogP contribution is 2.13. The molecule has 1 saturated heterocycles. The van der Waals surface area contributed by atoms with Crippen LogP contribution in [0.2, 0.25) is 0 Å². The van der Waals surface area contributed by atoms with Gasteiger partial charge in [-0.1, -0.05) is 44.2 Å². The fourth-order valence-electron chi connectivity index (χ4n) is 2.10. The van der Waals surface area contributed by atoms with E-state index in [0.29, 0.717) is 18.0 Å². The second-order valence-corrected chi connectivity index (χ2v) is 5.46. The van der Waals surface area contributed by atoms with E-state index in [-0.39, 0.29) is 11.8 Å². The van der Waals surface area contributed by atoms with Gasteiger partial charge in [-0.05, 0) is 30.4 Å². The van der Waals surface area contributed by atoms with Gasteiger partial charge >= 0.3 is 0 Å². The van der Waals surface area contributed by atoms with E-state index in [9.17, 15) is 9.59 Å². The number of amides is 2. The van der Waals surface area contributed by atoms with Crippen LogP contribution in [0.1, 0.15) is 32.3 Å². The summed E-state index contributed by atoms with van der Waals surface area (Å²) in [6, 6.07) is 9.04. The molecule has 0 radical (unpaired) electrons. The third-order valence-electron chi connectivity index (χ3n) is 3.27. The molecule has 1 fully saturated rings. The first-order valence-corrected chi connectivity index (χ1v) is 6.94. The van der Waals surface area contributed by atoms with Crippen LogP contribution in [0.5, 0.6) is 0 Å². The van der Waals surface area contributed by atoms with Gasteiger partial charge in [0.25, 0.3) is 5.91 Å². The number of hydrogen-bond acceptors (Lipinski definition) is 2. The minimum Gasteiger partial charge on any atom is -0.339 e. The minimum atomic E-state index is -0.419. The summed E-state index contributed by atoms with van der Waals surface area (Å²) in [6.07, 6.45) is 3.27. The highest BCUT2D eigenvalue weighted by Gasteiger charge is 2.29. The number of carbonyl (C=O) groups is 2. The van der Waals surface area contributed by atoms with Crippen LogP contribution in [0.25, 0.3) is 6.08 Å². The van der Waals surface area contributed by atoms with Crippen molar-refractivity contribution in [3.8, 4) is 0 Å². The Hall–Kier alpha value is -2.10. The van der Waals surface area contributed by atoms with Crippen molar-refractivity contribution in [1.29, 1.82) is 0 Å². The standard InChI is InChI=1S/C16H20N2O2/c1-11(2)8-9-13-15(19)18-14(16(20)17-13)10-12-6-4-3-5-7-12/h3-7,10-11,13H,8-9H2,1-2H3,(H,17,20)(H,18,19)/b14-10-/t13-/m0/s1. The predicted octanol–water partition coefficient (Wildman–Crippen LogP) is 2.08. The van der Waals surface area contributed by atoms with E-state index in [2.05, 4.69) is 24.5 Å². The third-order valence-corrected chi connectivity index (χ3v) is 3.27. The highest BCUT2D eigenvalue weighted by atomic mass is 16.2. The summed E-state index contributed by atoms with van der Waals surface area (Å²) in [5.41, 5.74) is 1.19. The molecular formula is C16H20N2O2. The molecular weight excluding hydrogens is 252 g/mol. The number of rotatable bonds is 4. The first kappa shape index (κ1) is 14.3. The zero-order valence-corrected chi connectivity index (χ0v) is 11.8. The fraction of sp³-hybridized carbons (Fsp3) is 0.375. The predicted molar refractivity (Wildman–Crippen MR) is 78.6 cm³/mol. The van der Waals surface area contributed by atoms with Crippen molar-refractivity contribution in [2.75, 3.05) is 0 Å². The lowest BCUT2D eigenvalue weighted by Gasteiger charge is -2.25. The minimum absolute atomic E-state index is 0.132. The Morgan fingerprint density at radius 1 is 1.20 bits per heavy atom. The summed E-state index contributed by atoms with van der Waals surface area (Å²) < 4.78 is 0. The topological polar surface area (TPSA) is 58.2 Å². The summed E-state index contributed by atoms with van der Waals surface area (Å²) in [4.78, 5) is 24.0. The van der Waals surface area contributed by atoms with Gasteiger partial charge in [-0.25, -0.2) is 0 Å². The molecule has 0 bridgehead atoms. The van der Waals surface area contributed by atoms with Crippen LogP contribution in [0, 0.1) is 5.92 Å². The average Bonchev–Trinajstić information content (AvgIpc) is 2.42. The molecule has 4 heteroatoms. The second kappa shape index (κ2) is 6.37. The van der Waals surface area contributed by atoms with E-state index < -0.39 is 6.04 Å². The lowest BCUT2D eigenvalue weighted by molar-refractivity contribution is -0.131. The molecule has 106 valence electrons. The molecule has 4 nitrogen and oxygen atoms in total. The van der Waals surface area contributed by atoms with Crippen LogP contribution in [-0.2, 0) is 9.59 Å². The Bertz CT molecular complexity index is 521. The van der Waals surface area contributed by atoms with E-state index in [1.54, 1.807) is 6.08 Å². The van der Waals surface area contributed by atoms with E-state index >= 15 is 0 Å². The molecule has 1 heterocycles. The molecule has 0 aromatic heterocycles. The molecule has 0 unspecified atom stereocenters. The quantitative estimate of drug-likeness (QED) is 0.824. The first-order valence-electron chi connectivity index (χ1n) is 6.94. The number of hydrogen-bond donors (Lipinski definition) is 2. The summed E-state index contributed by atoms with van der Waals surface area (Å²) in [5, 5.41) is 5.47. The van der Waals surface area contributed by atoms with Crippen LogP contribution < -0.4 is 10.6 Å². The Balaban J connectivity index is 2.05. The van der Waals surface area contributed by atoms with Gasteiger partial charge in [-0.15, -0.1) is 0 Å². The van der Waals surface area contributed by atoms with Crippen molar-refractivity contribution in [2.24, 2.45) is 5.92 Å². The average molecular weight is 272 g/mol. The number of carbonyl (C=O) groups excluding carboxylic acids is 2. The maximum Gasteiger partial charge on any atom is 0.268 e. The molecule has 2 rings (SSSR count). The second-order valence-electron chi connectivity index (χ2n) is 5.46. The SMILES string of the molecule is CC(C)CC[C@@H]1NC(=O)/C(=C/c2ccccc2)NC1=O. The molecule has 0 aliphatic carbocycles. The van der Waals surface area contributed by atoms with Crippen molar-refractivity contribution < 1.29 is 9.59 Å². The summed E-state index contributed by atoms with van der Waals surface area (Å²) in [5.74, 6) is 0.163. The lowest BCUT2D eigenvalue weighted by atomic mass is 10.0. The lowest BCUT2D eigenvalue weighted by Crippen LogP contribution is -2.54. The molecule has 1 atom stereocenters. The third kappa shape index (κ3) is 3.70. The number of piperazine rings is 1. The molecule has 1 aliphatic rings. The monoisotopic (exact) mass is 272 g/mol. The van der Waals surface area contributed by atoms with E-state index in [1.165, 1.54) is 0 Å². The molecule has 2 N–H and O–H groups in total. The fourth-order valence-corrected chi connectivity index (χ4v) is 2.10. The molecule has 0 spiro atoms. The van der Waals surface area contributed by atoms with Gasteiger partial charge in [0.1, 0.15) is 11.7 Å². The Morgan fingerprint density at radius 3 is 2.55 bits per heavy atom. The van der Waals surface area contributed by atoms with Crippen molar-refractivity contribution in [3.05, 3.63) is 41.6 Å². The van der Waals surface area contributed by atoms with Crippen molar-refractivity contribution in [1.82, 2.24) is 10.6 Å². The molecule has 2 amide bonds. The molecule has 0 saturated carbocycles. The smallest absolute Gasteiger partial charge is 0.268 e. The van der Waals surface area contributed by atoms with Crippen molar-refractivity contribution in [3.63, 3.8) is 0 Å². The number of nitrogens with one attached hydrogen (secondary N) is 2. The van der Waals surface area contributed by atoms with Crippen LogP contribution in [0.15, 0.2) is 36.0 Å². The first-order chi connectivity index (χ1) is 9.56. The maximum absolute atomic E-state index is 12.0. The molecule has 1 aromatic carbocycles. The Morgan fingerprint density at radius 2 is 1.90 bits per heavy atom.